The minimum Gasteiger partial charge on any atom is -0.480 e. The molecule has 5 N–H and O–H groups in total. The average Bonchev–Trinajstić information content (AvgIpc) is 2.57. The molecule has 0 aromatic carbocycles. The van der Waals surface area contributed by atoms with Gasteiger partial charge in [-0.05, 0) is 13.0 Å². The van der Waals surface area contributed by atoms with E-state index in [4.69, 9.17) is 16.6 Å². The molecule has 0 aliphatic rings. The first-order valence-corrected chi connectivity index (χ1v) is 11.0. The van der Waals surface area contributed by atoms with E-state index in [1.165, 1.54) is 83.5 Å². The van der Waals surface area contributed by atoms with Gasteiger partial charge in [-0.1, -0.05) is 96.8 Å². The molecule has 0 amide bonds. The van der Waals surface area contributed by atoms with Crippen LogP contribution in [0.3, 0.4) is 0 Å². The smallest absolute Gasteiger partial charge is 0.317 e. The Kier molecular flexibility index (Phi) is 23.4. The monoisotopic (exact) mass is 407 g/mol. The Morgan fingerprint density at radius 1 is 0.778 bits per heavy atom. The van der Waals surface area contributed by atoms with Gasteiger partial charge in [0.25, 0.3) is 0 Å². The Bertz CT molecular complexity index is 318. The highest BCUT2D eigenvalue weighted by molar-refractivity contribution is 5.85. The molecule has 164 valence electrons. The van der Waals surface area contributed by atoms with Gasteiger partial charge < -0.3 is 16.6 Å². The maximum absolute atomic E-state index is 10.8. The molecule has 0 spiro atoms. The molecule has 0 saturated carbocycles. The number of unbranched alkanes of at least 4 members (excludes halogenated alkanes) is 14. The molecule has 0 unspecified atom stereocenters. The first-order valence-electron chi connectivity index (χ1n) is 11.0. The number of carbonyl (C=O) groups is 1. The Morgan fingerprint density at radius 2 is 1.15 bits per heavy atom. The molecule has 0 rings (SSSR count). The third kappa shape index (κ3) is 23.6. The van der Waals surface area contributed by atoms with Crippen LogP contribution >= 0.6 is 12.4 Å². The maximum Gasteiger partial charge on any atom is 0.317 e. The van der Waals surface area contributed by atoms with Crippen molar-refractivity contribution in [2.24, 2.45) is 11.5 Å². The number of carboxylic acids is 1. The number of rotatable bonds is 20. The number of halogens is 1. The fourth-order valence-electron chi connectivity index (χ4n) is 3.43. The largest absolute Gasteiger partial charge is 0.480 e. The second kappa shape index (κ2) is 21.9. The fourth-order valence-corrected chi connectivity index (χ4v) is 3.43. The van der Waals surface area contributed by atoms with Crippen molar-refractivity contribution in [3.05, 3.63) is 0 Å². The molecule has 0 aliphatic heterocycles. The molecule has 6 heteroatoms. The first kappa shape index (κ1) is 28.8. The van der Waals surface area contributed by atoms with Crippen LogP contribution < -0.4 is 11.5 Å². The zero-order chi connectivity index (χ0) is 19.5. The third-order valence-electron chi connectivity index (χ3n) is 4.91. The van der Waals surface area contributed by atoms with Crippen molar-refractivity contribution < 1.29 is 9.90 Å². The minimum absolute atomic E-state index is 0. The lowest BCUT2D eigenvalue weighted by atomic mass is 10.0. The predicted octanol–water partition coefficient (Wildman–Crippen LogP) is 4.91. The second-order valence-corrected chi connectivity index (χ2v) is 7.74. The van der Waals surface area contributed by atoms with Crippen molar-refractivity contribution in [2.75, 3.05) is 19.6 Å². The summed E-state index contributed by atoms with van der Waals surface area (Å²) in [4.78, 5) is 12.7. The van der Waals surface area contributed by atoms with E-state index in [0.717, 1.165) is 19.4 Å². The maximum atomic E-state index is 10.8. The van der Waals surface area contributed by atoms with Gasteiger partial charge in [-0.3, -0.25) is 9.69 Å². The Balaban J connectivity index is 0. The number of aliphatic carboxylic acids is 1. The van der Waals surface area contributed by atoms with Crippen LogP contribution in [0.15, 0.2) is 0 Å². The standard InChI is InChI=1S/C21H45N3O2.ClH/c1-2-3-4-5-6-7-8-9-10-11-12-13-14-15-16-17-24(18-20(22)23)19-21(25)26;/h20H,2-19,22-23H2,1H3,(H,25,26);1H. The minimum atomic E-state index is -0.813. The summed E-state index contributed by atoms with van der Waals surface area (Å²) >= 11 is 0. The lowest BCUT2D eigenvalue weighted by Gasteiger charge is -2.21. The molecule has 0 aromatic heterocycles. The Morgan fingerprint density at radius 3 is 1.48 bits per heavy atom. The van der Waals surface area contributed by atoms with E-state index in [0.29, 0.717) is 6.54 Å². The lowest BCUT2D eigenvalue weighted by molar-refractivity contribution is -0.138. The summed E-state index contributed by atoms with van der Waals surface area (Å²) in [5, 5.41) is 8.90. The van der Waals surface area contributed by atoms with Gasteiger partial charge in [0.15, 0.2) is 0 Å². The summed E-state index contributed by atoms with van der Waals surface area (Å²) in [5.74, 6) is -0.813. The number of carboxylic acid groups (broad SMARTS) is 1. The van der Waals surface area contributed by atoms with Crippen LogP contribution in [0.4, 0.5) is 0 Å². The number of nitrogens with two attached hydrogens (primary N) is 2. The molecule has 0 radical (unpaired) electrons. The third-order valence-corrected chi connectivity index (χ3v) is 4.91. The van der Waals surface area contributed by atoms with Gasteiger partial charge in [0, 0.05) is 6.54 Å². The van der Waals surface area contributed by atoms with Crippen LogP contribution in [-0.4, -0.2) is 41.8 Å². The van der Waals surface area contributed by atoms with Crippen molar-refractivity contribution >= 4 is 18.4 Å². The van der Waals surface area contributed by atoms with Crippen molar-refractivity contribution in [3.63, 3.8) is 0 Å². The molecule has 0 fully saturated rings. The van der Waals surface area contributed by atoms with Crippen molar-refractivity contribution in [2.45, 2.75) is 109 Å². The van der Waals surface area contributed by atoms with E-state index in [-0.39, 0.29) is 19.0 Å². The highest BCUT2D eigenvalue weighted by atomic mass is 35.5. The molecular formula is C21H46ClN3O2. The SMILES string of the molecule is CCCCCCCCCCCCCCCCCN(CC(=O)O)CC(N)N.Cl. The van der Waals surface area contributed by atoms with Crippen molar-refractivity contribution in [1.82, 2.24) is 4.90 Å². The van der Waals surface area contributed by atoms with Crippen molar-refractivity contribution in [3.8, 4) is 0 Å². The van der Waals surface area contributed by atoms with E-state index >= 15 is 0 Å². The van der Waals surface area contributed by atoms with E-state index < -0.39 is 12.1 Å². The van der Waals surface area contributed by atoms with Crippen LogP contribution in [0.1, 0.15) is 103 Å². The van der Waals surface area contributed by atoms with Gasteiger partial charge in [0.05, 0.1) is 12.7 Å². The molecule has 0 aliphatic carbocycles. The Labute approximate surface area is 174 Å². The Hall–Kier alpha value is -0.360. The number of hydrogen-bond acceptors (Lipinski definition) is 4. The summed E-state index contributed by atoms with van der Waals surface area (Å²) in [7, 11) is 0. The zero-order valence-corrected chi connectivity index (χ0v) is 18.5. The fraction of sp³-hybridized carbons (Fsp3) is 0.952. The quantitative estimate of drug-likeness (QED) is 0.197. The molecule has 5 nitrogen and oxygen atoms in total. The summed E-state index contributed by atoms with van der Waals surface area (Å²) in [6, 6.07) is 0. The van der Waals surface area contributed by atoms with Gasteiger partial charge in [-0.25, -0.2) is 0 Å². The summed E-state index contributed by atoms with van der Waals surface area (Å²) < 4.78 is 0. The van der Waals surface area contributed by atoms with Gasteiger partial charge in [-0.2, -0.15) is 0 Å². The zero-order valence-electron chi connectivity index (χ0n) is 17.7. The van der Waals surface area contributed by atoms with E-state index in [1.54, 1.807) is 0 Å². The van der Waals surface area contributed by atoms with Crippen LogP contribution in [0.2, 0.25) is 0 Å². The number of hydrogen-bond donors (Lipinski definition) is 3. The summed E-state index contributed by atoms with van der Waals surface area (Å²) in [6.07, 6.45) is 19.6. The molecule has 0 bridgehead atoms. The van der Waals surface area contributed by atoms with Crippen LogP contribution in [-0.2, 0) is 4.79 Å². The predicted molar refractivity (Wildman–Crippen MR) is 118 cm³/mol. The van der Waals surface area contributed by atoms with Crippen LogP contribution in [0.5, 0.6) is 0 Å². The lowest BCUT2D eigenvalue weighted by Crippen LogP contribution is -2.45. The topological polar surface area (TPSA) is 92.6 Å². The highest BCUT2D eigenvalue weighted by Gasteiger charge is 2.11. The highest BCUT2D eigenvalue weighted by Crippen LogP contribution is 2.13. The van der Waals surface area contributed by atoms with E-state index in [2.05, 4.69) is 6.92 Å². The first-order chi connectivity index (χ1) is 12.6. The molecule has 0 aromatic rings. The normalized spacial score (nSPS) is 11.1. The second-order valence-electron chi connectivity index (χ2n) is 7.74. The molecular weight excluding hydrogens is 362 g/mol. The van der Waals surface area contributed by atoms with E-state index in [9.17, 15) is 4.79 Å². The molecule has 0 heterocycles. The van der Waals surface area contributed by atoms with Crippen LogP contribution in [0.25, 0.3) is 0 Å². The van der Waals surface area contributed by atoms with Gasteiger partial charge >= 0.3 is 5.97 Å². The van der Waals surface area contributed by atoms with Crippen LogP contribution in [0, 0.1) is 0 Å². The average molecular weight is 408 g/mol. The molecule has 27 heavy (non-hydrogen) atoms. The van der Waals surface area contributed by atoms with Gasteiger partial charge in [-0.15, -0.1) is 12.4 Å². The molecule has 0 saturated heterocycles. The summed E-state index contributed by atoms with van der Waals surface area (Å²) in [5.41, 5.74) is 11.1. The molecule has 0 atom stereocenters. The summed E-state index contributed by atoms with van der Waals surface area (Å²) in [6.45, 7) is 3.52. The van der Waals surface area contributed by atoms with Gasteiger partial charge in [0.2, 0.25) is 0 Å². The van der Waals surface area contributed by atoms with Gasteiger partial charge in [0.1, 0.15) is 0 Å². The van der Waals surface area contributed by atoms with E-state index in [1.807, 2.05) is 4.90 Å². The van der Waals surface area contributed by atoms with Crippen molar-refractivity contribution in [1.29, 1.82) is 0 Å². The number of nitrogens with zero attached hydrogens (tertiary/aromatic N) is 1.